The van der Waals surface area contributed by atoms with Gasteiger partial charge in [-0.05, 0) is 25.1 Å². The summed E-state index contributed by atoms with van der Waals surface area (Å²) in [6, 6.07) is 15.7. The highest BCUT2D eigenvalue weighted by Gasteiger charge is 2.20. The summed E-state index contributed by atoms with van der Waals surface area (Å²) < 4.78 is 17.0. The number of carbonyl (C=O) groups is 1. The number of carbonyl (C=O) groups excluding carboxylic acids is 1. The maximum atomic E-state index is 13.3. The molecule has 0 saturated carbocycles. The highest BCUT2D eigenvalue weighted by Crippen LogP contribution is 2.31. The Morgan fingerprint density at radius 3 is 2.68 bits per heavy atom. The lowest BCUT2D eigenvalue weighted by atomic mass is 10.1. The summed E-state index contributed by atoms with van der Waals surface area (Å²) >= 11 is 1.28. The molecule has 2 heterocycles. The Hall–Kier alpha value is -3.46. The molecule has 0 fully saturated rings. The van der Waals surface area contributed by atoms with Crippen molar-refractivity contribution in [2.75, 3.05) is 11.1 Å². The van der Waals surface area contributed by atoms with Crippen LogP contribution in [0.3, 0.4) is 0 Å². The van der Waals surface area contributed by atoms with Crippen molar-refractivity contribution in [3.05, 3.63) is 66.6 Å². The highest BCUT2D eigenvalue weighted by atomic mass is 32.2. The van der Waals surface area contributed by atoms with Crippen LogP contribution in [0, 0.1) is 5.82 Å². The quantitative estimate of drug-likeness (QED) is 0.439. The molecule has 2 aromatic heterocycles. The molecule has 158 valence electrons. The Morgan fingerprint density at radius 2 is 1.94 bits per heavy atom. The second-order valence-electron chi connectivity index (χ2n) is 6.83. The summed E-state index contributed by atoms with van der Waals surface area (Å²) in [6.45, 7) is 2.64. The van der Waals surface area contributed by atoms with E-state index in [1.165, 1.54) is 23.9 Å². The molecule has 9 heteroatoms. The number of nitrogens with zero attached hydrogens (tertiary/aromatic N) is 5. The van der Waals surface area contributed by atoms with Crippen LogP contribution in [0.4, 0.5) is 10.1 Å². The number of halogens is 1. The largest absolute Gasteiger partial charge is 0.325 e. The first kappa shape index (κ1) is 20.8. The van der Waals surface area contributed by atoms with Gasteiger partial charge in [0.1, 0.15) is 11.5 Å². The monoisotopic (exact) mass is 436 g/mol. The maximum Gasteiger partial charge on any atom is 0.234 e. The molecule has 0 saturated heterocycles. The third kappa shape index (κ3) is 4.66. The Bertz CT molecular complexity index is 1200. The van der Waals surface area contributed by atoms with Crippen LogP contribution in [0.2, 0.25) is 0 Å². The predicted molar refractivity (Wildman–Crippen MR) is 119 cm³/mol. The van der Waals surface area contributed by atoms with Gasteiger partial charge in [-0.25, -0.2) is 4.39 Å². The zero-order valence-electron chi connectivity index (χ0n) is 17.1. The summed E-state index contributed by atoms with van der Waals surface area (Å²) in [5.74, 6) is 0.191. The number of aromatic nitrogens is 5. The number of thioether (sulfide) groups is 1. The molecule has 1 N–H and O–H groups in total. The minimum Gasteiger partial charge on any atom is -0.325 e. The molecular formula is C22H21FN6OS. The number of rotatable bonds is 7. The minimum atomic E-state index is -0.397. The van der Waals surface area contributed by atoms with E-state index in [9.17, 15) is 9.18 Å². The molecule has 0 unspecified atom stereocenters. The standard InChI is InChI=1S/C22H21FN6OS/c1-3-29-21(18-13-28(2)27-20(18)15-8-5-4-6-9-15)25-26-22(29)31-14-19(30)24-17-11-7-10-16(23)12-17/h4-13H,3,14H2,1-2H3,(H,24,30). The van der Waals surface area contributed by atoms with E-state index in [4.69, 9.17) is 0 Å². The van der Waals surface area contributed by atoms with Crippen LogP contribution in [-0.2, 0) is 18.4 Å². The molecule has 4 aromatic rings. The van der Waals surface area contributed by atoms with E-state index in [2.05, 4.69) is 20.6 Å². The van der Waals surface area contributed by atoms with Gasteiger partial charge in [0.2, 0.25) is 5.91 Å². The van der Waals surface area contributed by atoms with Crippen molar-refractivity contribution in [3.8, 4) is 22.6 Å². The predicted octanol–water partition coefficient (Wildman–Crippen LogP) is 4.24. The second-order valence-corrected chi connectivity index (χ2v) is 7.77. The summed E-state index contributed by atoms with van der Waals surface area (Å²) in [5, 5.41) is 16.6. The van der Waals surface area contributed by atoms with Gasteiger partial charge in [-0.3, -0.25) is 9.48 Å². The second kappa shape index (κ2) is 9.13. The van der Waals surface area contributed by atoms with E-state index in [1.807, 2.05) is 55.1 Å². The van der Waals surface area contributed by atoms with Gasteiger partial charge in [0.05, 0.1) is 11.3 Å². The number of nitrogens with one attached hydrogen (secondary N) is 1. The fourth-order valence-corrected chi connectivity index (χ4v) is 4.04. The van der Waals surface area contributed by atoms with Gasteiger partial charge in [0, 0.05) is 31.0 Å². The molecule has 7 nitrogen and oxygen atoms in total. The van der Waals surface area contributed by atoms with Crippen molar-refractivity contribution in [3.63, 3.8) is 0 Å². The maximum absolute atomic E-state index is 13.3. The van der Waals surface area contributed by atoms with Crippen molar-refractivity contribution in [1.29, 1.82) is 0 Å². The van der Waals surface area contributed by atoms with E-state index in [-0.39, 0.29) is 11.7 Å². The molecule has 0 spiro atoms. The van der Waals surface area contributed by atoms with Crippen LogP contribution < -0.4 is 5.32 Å². The molecule has 0 aliphatic carbocycles. The number of amides is 1. The van der Waals surface area contributed by atoms with Gasteiger partial charge in [0.15, 0.2) is 11.0 Å². The third-order valence-electron chi connectivity index (χ3n) is 4.59. The Labute approximate surface area is 183 Å². The van der Waals surface area contributed by atoms with Gasteiger partial charge in [-0.1, -0.05) is 48.2 Å². The Balaban J connectivity index is 1.54. The first-order valence-electron chi connectivity index (χ1n) is 9.76. The zero-order valence-corrected chi connectivity index (χ0v) is 17.9. The lowest BCUT2D eigenvalue weighted by Crippen LogP contribution is -2.14. The van der Waals surface area contributed by atoms with E-state index < -0.39 is 5.82 Å². The molecule has 1 amide bonds. The highest BCUT2D eigenvalue weighted by molar-refractivity contribution is 7.99. The van der Waals surface area contributed by atoms with Crippen LogP contribution in [-0.4, -0.2) is 36.2 Å². The minimum absolute atomic E-state index is 0.132. The van der Waals surface area contributed by atoms with Crippen LogP contribution in [0.15, 0.2) is 66.0 Å². The summed E-state index contributed by atoms with van der Waals surface area (Å²) in [4.78, 5) is 12.3. The van der Waals surface area contributed by atoms with Crippen molar-refractivity contribution in [2.24, 2.45) is 7.05 Å². The average molecular weight is 437 g/mol. The summed E-state index contributed by atoms with van der Waals surface area (Å²) in [6.07, 6.45) is 1.92. The molecule has 0 atom stereocenters. The fourth-order valence-electron chi connectivity index (χ4n) is 3.23. The van der Waals surface area contributed by atoms with E-state index in [0.29, 0.717) is 23.2 Å². The van der Waals surface area contributed by atoms with E-state index >= 15 is 0 Å². The van der Waals surface area contributed by atoms with Crippen molar-refractivity contribution < 1.29 is 9.18 Å². The summed E-state index contributed by atoms with van der Waals surface area (Å²) in [7, 11) is 1.87. The van der Waals surface area contributed by atoms with Gasteiger partial charge in [0.25, 0.3) is 0 Å². The summed E-state index contributed by atoms with van der Waals surface area (Å²) in [5.41, 5.74) is 3.11. The molecule has 0 aliphatic rings. The van der Waals surface area contributed by atoms with Crippen molar-refractivity contribution >= 4 is 23.4 Å². The van der Waals surface area contributed by atoms with Crippen molar-refractivity contribution in [1.82, 2.24) is 24.5 Å². The normalized spacial score (nSPS) is 10.9. The molecule has 0 radical (unpaired) electrons. The molecular weight excluding hydrogens is 415 g/mol. The third-order valence-corrected chi connectivity index (χ3v) is 5.56. The van der Waals surface area contributed by atoms with E-state index in [1.54, 1.807) is 16.8 Å². The fraction of sp³-hybridized carbons (Fsp3) is 0.182. The first-order valence-corrected chi connectivity index (χ1v) is 10.7. The zero-order chi connectivity index (χ0) is 21.8. The number of aryl methyl sites for hydroxylation is 1. The SMILES string of the molecule is CCn1c(SCC(=O)Nc2cccc(F)c2)nnc1-c1cn(C)nc1-c1ccccc1. The molecule has 0 bridgehead atoms. The lowest BCUT2D eigenvalue weighted by molar-refractivity contribution is -0.113. The van der Waals surface area contributed by atoms with Gasteiger partial charge < -0.3 is 9.88 Å². The number of hydrogen-bond donors (Lipinski definition) is 1. The lowest BCUT2D eigenvalue weighted by Gasteiger charge is -2.08. The number of hydrogen-bond acceptors (Lipinski definition) is 5. The Morgan fingerprint density at radius 1 is 1.13 bits per heavy atom. The van der Waals surface area contributed by atoms with Crippen LogP contribution in [0.1, 0.15) is 6.92 Å². The van der Waals surface area contributed by atoms with Gasteiger partial charge in [-0.2, -0.15) is 5.10 Å². The molecule has 0 aliphatic heterocycles. The number of benzene rings is 2. The topological polar surface area (TPSA) is 77.6 Å². The molecule has 4 rings (SSSR count). The first-order chi connectivity index (χ1) is 15.0. The van der Waals surface area contributed by atoms with Gasteiger partial charge >= 0.3 is 0 Å². The molecule has 31 heavy (non-hydrogen) atoms. The Kier molecular flexibility index (Phi) is 6.13. The smallest absolute Gasteiger partial charge is 0.234 e. The van der Waals surface area contributed by atoms with Crippen molar-refractivity contribution in [2.45, 2.75) is 18.6 Å². The average Bonchev–Trinajstić information content (AvgIpc) is 3.35. The van der Waals surface area contributed by atoms with Crippen LogP contribution >= 0.6 is 11.8 Å². The van der Waals surface area contributed by atoms with Crippen LogP contribution in [0.25, 0.3) is 22.6 Å². The van der Waals surface area contributed by atoms with Crippen LogP contribution in [0.5, 0.6) is 0 Å². The van der Waals surface area contributed by atoms with E-state index in [0.717, 1.165) is 16.8 Å². The van der Waals surface area contributed by atoms with Gasteiger partial charge in [-0.15, -0.1) is 10.2 Å². The number of anilines is 1. The molecule has 2 aromatic carbocycles.